The van der Waals surface area contributed by atoms with Crippen LogP contribution in [0.15, 0.2) is 22.8 Å². The molecule has 0 atom stereocenters. The van der Waals surface area contributed by atoms with Crippen molar-refractivity contribution >= 4 is 27.7 Å². The van der Waals surface area contributed by atoms with E-state index in [-0.39, 0.29) is 22.7 Å². The van der Waals surface area contributed by atoms with Gasteiger partial charge in [-0.3, -0.25) is 4.79 Å². The molecule has 1 aliphatic rings. The first kappa shape index (κ1) is 12.6. The zero-order valence-corrected chi connectivity index (χ0v) is 12.1. The SMILES string of the molecule is CC1(C)C(C(=O)Nc2ccc(Br)cn2)C1(C)C. The summed E-state index contributed by atoms with van der Waals surface area (Å²) in [4.78, 5) is 16.3. The molecule has 0 bridgehead atoms. The van der Waals surface area contributed by atoms with Crippen LogP contribution in [0.1, 0.15) is 27.7 Å². The molecule has 92 valence electrons. The number of pyridine rings is 1. The third-order valence-electron chi connectivity index (χ3n) is 4.26. The van der Waals surface area contributed by atoms with Gasteiger partial charge in [0, 0.05) is 16.6 Å². The smallest absolute Gasteiger partial charge is 0.229 e. The molecule has 0 spiro atoms. The van der Waals surface area contributed by atoms with Crippen molar-refractivity contribution in [3.8, 4) is 0 Å². The first-order valence-corrected chi connectivity index (χ1v) is 6.48. The Balaban J connectivity index is 2.07. The fourth-order valence-electron chi connectivity index (χ4n) is 2.50. The predicted octanol–water partition coefficient (Wildman–Crippen LogP) is 3.46. The first-order valence-electron chi connectivity index (χ1n) is 5.69. The summed E-state index contributed by atoms with van der Waals surface area (Å²) < 4.78 is 0.905. The van der Waals surface area contributed by atoms with Crippen molar-refractivity contribution in [1.29, 1.82) is 0 Å². The summed E-state index contributed by atoms with van der Waals surface area (Å²) in [7, 11) is 0. The quantitative estimate of drug-likeness (QED) is 0.908. The number of halogens is 1. The fourth-order valence-corrected chi connectivity index (χ4v) is 2.73. The summed E-state index contributed by atoms with van der Waals surface area (Å²) in [5.74, 6) is 0.729. The number of carbonyl (C=O) groups excluding carboxylic acids is 1. The number of hydrogen-bond acceptors (Lipinski definition) is 2. The zero-order chi connectivity index (χ0) is 12.8. The molecule has 1 fully saturated rings. The van der Waals surface area contributed by atoms with Crippen LogP contribution in [0.5, 0.6) is 0 Å². The molecule has 1 heterocycles. The van der Waals surface area contributed by atoms with E-state index < -0.39 is 0 Å². The number of carbonyl (C=O) groups is 1. The summed E-state index contributed by atoms with van der Waals surface area (Å²) >= 11 is 3.31. The van der Waals surface area contributed by atoms with Gasteiger partial charge in [0.25, 0.3) is 0 Å². The van der Waals surface area contributed by atoms with E-state index in [4.69, 9.17) is 0 Å². The van der Waals surface area contributed by atoms with E-state index in [1.54, 1.807) is 12.3 Å². The van der Waals surface area contributed by atoms with Gasteiger partial charge in [-0.05, 0) is 38.9 Å². The van der Waals surface area contributed by atoms with Gasteiger partial charge in [-0.25, -0.2) is 4.98 Å². The van der Waals surface area contributed by atoms with Crippen molar-refractivity contribution < 1.29 is 4.79 Å². The third kappa shape index (κ3) is 1.99. The van der Waals surface area contributed by atoms with Gasteiger partial charge in [0.05, 0.1) is 0 Å². The van der Waals surface area contributed by atoms with Crippen molar-refractivity contribution in [2.24, 2.45) is 16.7 Å². The summed E-state index contributed by atoms with van der Waals surface area (Å²) in [6.45, 7) is 8.52. The number of anilines is 1. The molecule has 1 saturated carbocycles. The third-order valence-corrected chi connectivity index (χ3v) is 4.73. The lowest BCUT2D eigenvalue weighted by molar-refractivity contribution is -0.118. The summed E-state index contributed by atoms with van der Waals surface area (Å²) in [5.41, 5.74) is 0.124. The van der Waals surface area contributed by atoms with Crippen LogP contribution in [0.3, 0.4) is 0 Å². The van der Waals surface area contributed by atoms with Gasteiger partial charge in [-0.15, -0.1) is 0 Å². The average Bonchev–Trinajstić information content (AvgIpc) is 2.61. The molecule has 0 unspecified atom stereocenters. The highest BCUT2D eigenvalue weighted by molar-refractivity contribution is 9.10. The maximum Gasteiger partial charge on any atom is 0.229 e. The fraction of sp³-hybridized carbons (Fsp3) is 0.538. The van der Waals surface area contributed by atoms with Crippen molar-refractivity contribution in [1.82, 2.24) is 4.98 Å². The minimum absolute atomic E-state index is 0.0560. The van der Waals surface area contributed by atoms with Crippen LogP contribution in [0.2, 0.25) is 0 Å². The molecule has 1 amide bonds. The van der Waals surface area contributed by atoms with E-state index in [0.717, 1.165) is 4.47 Å². The Bertz CT molecular complexity index is 437. The van der Waals surface area contributed by atoms with Crippen LogP contribution in [-0.4, -0.2) is 10.9 Å². The standard InChI is InChI=1S/C13H17BrN2O/c1-12(2)10(13(12,3)4)11(17)16-9-6-5-8(14)7-15-9/h5-7,10H,1-4H3,(H,15,16,17). The highest BCUT2D eigenvalue weighted by Crippen LogP contribution is 2.68. The van der Waals surface area contributed by atoms with Crippen molar-refractivity contribution in [2.45, 2.75) is 27.7 Å². The largest absolute Gasteiger partial charge is 0.310 e. The lowest BCUT2D eigenvalue weighted by atomic mass is 10.0. The molecular formula is C13H17BrN2O. The molecule has 0 aromatic carbocycles. The van der Waals surface area contributed by atoms with Crippen LogP contribution in [0.25, 0.3) is 0 Å². The second-order valence-electron chi connectivity index (χ2n) is 5.73. The van der Waals surface area contributed by atoms with Crippen LogP contribution in [-0.2, 0) is 4.79 Å². The van der Waals surface area contributed by atoms with E-state index in [2.05, 4.69) is 53.9 Å². The first-order chi connectivity index (χ1) is 7.76. The monoisotopic (exact) mass is 296 g/mol. The van der Waals surface area contributed by atoms with Crippen molar-refractivity contribution in [3.05, 3.63) is 22.8 Å². The predicted molar refractivity (Wildman–Crippen MR) is 71.6 cm³/mol. The average molecular weight is 297 g/mol. The van der Waals surface area contributed by atoms with Crippen LogP contribution in [0.4, 0.5) is 5.82 Å². The Hall–Kier alpha value is -0.900. The highest BCUT2D eigenvalue weighted by Gasteiger charge is 2.68. The maximum atomic E-state index is 12.1. The number of amides is 1. The normalized spacial score (nSPS) is 21.0. The topological polar surface area (TPSA) is 42.0 Å². The van der Waals surface area contributed by atoms with E-state index in [0.29, 0.717) is 5.82 Å². The van der Waals surface area contributed by atoms with E-state index >= 15 is 0 Å². The van der Waals surface area contributed by atoms with Crippen molar-refractivity contribution in [3.63, 3.8) is 0 Å². The Morgan fingerprint density at radius 3 is 2.29 bits per heavy atom. The molecule has 0 radical (unpaired) electrons. The molecule has 0 aliphatic heterocycles. The molecule has 1 aromatic heterocycles. The summed E-state index contributed by atoms with van der Waals surface area (Å²) in [6.07, 6.45) is 1.68. The number of rotatable bonds is 2. The Morgan fingerprint density at radius 2 is 1.88 bits per heavy atom. The van der Waals surface area contributed by atoms with Gasteiger partial charge in [-0.2, -0.15) is 0 Å². The molecule has 2 rings (SSSR count). The van der Waals surface area contributed by atoms with Crippen molar-refractivity contribution in [2.75, 3.05) is 5.32 Å². The molecular weight excluding hydrogens is 280 g/mol. The number of nitrogens with one attached hydrogen (secondary N) is 1. The minimum Gasteiger partial charge on any atom is -0.310 e. The molecule has 4 heteroatoms. The summed E-state index contributed by atoms with van der Waals surface area (Å²) in [6, 6.07) is 3.66. The minimum atomic E-state index is 0.0560. The number of aromatic nitrogens is 1. The second-order valence-corrected chi connectivity index (χ2v) is 6.64. The van der Waals surface area contributed by atoms with Gasteiger partial charge < -0.3 is 5.32 Å². The lowest BCUT2D eigenvalue weighted by Crippen LogP contribution is -2.18. The molecule has 17 heavy (non-hydrogen) atoms. The maximum absolute atomic E-state index is 12.1. The number of hydrogen-bond donors (Lipinski definition) is 1. The van der Waals surface area contributed by atoms with Gasteiger partial charge in [0.1, 0.15) is 5.82 Å². The second kappa shape index (κ2) is 3.80. The van der Waals surface area contributed by atoms with Gasteiger partial charge in [0.2, 0.25) is 5.91 Å². The van der Waals surface area contributed by atoms with Crippen LogP contribution in [0, 0.1) is 16.7 Å². The number of nitrogens with zero attached hydrogens (tertiary/aromatic N) is 1. The van der Waals surface area contributed by atoms with Crippen LogP contribution < -0.4 is 5.32 Å². The molecule has 1 N–H and O–H groups in total. The summed E-state index contributed by atoms with van der Waals surface area (Å²) in [5, 5.41) is 2.87. The Morgan fingerprint density at radius 1 is 1.29 bits per heavy atom. The Kier molecular flexibility index (Phi) is 2.81. The molecule has 3 nitrogen and oxygen atoms in total. The molecule has 1 aliphatic carbocycles. The molecule has 0 saturated heterocycles. The van der Waals surface area contributed by atoms with Gasteiger partial charge in [-0.1, -0.05) is 27.7 Å². The zero-order valence-electron chi connectivity index (χ0n) is 10.5. The van der Waals surface area contributed by atoms with Gasteiger partial charge in [0.15, 0.2) is 0 Å². The highest BCUT2D eigenvalue weighted by atomic mass is 79.9. The van der Waals surface area contributed by atoms with E-state index in [1.807, 2.05) is 6.07 Å². The Labute approximate surface area is 110 Å². The van der Waals surface area contributed by atoms with Gasteiger partial charge >= 0.3 is 0 Å². The molecule has 1 aromatic rings. The van der Waals surface area contributed by atoms with Crippen LogP contribution >= 0.6 is 15.9 Å². The lowest BCUT2D eigenvalue weighted by Gasteiger charge is -2.05. The van der Waals surface area contributed by atoms with E-state index in [9.17, 15) is 4.79 Å². The van der Waals surface area contributed by atoms with E-state index in [1.165, 1.54) is 0 Å².